The van der Waals surface area contributed by atoms with Crippen LogP contribution in [0.5, 0.6) is 0 Å². The van der Waals surface area contributed by atoms with Crippen LogP contribution in [0.25, 0.3) is 0 Å². The first-order valence-electron chi connectivity index (χ1n) is 9.67. The number of ether oxygens (including phenoxy) is 1. The normalized spacial score (nSPS) is 21.1. The third-order valence-electron chi connectivity index (χ3n) is 5.56. The van der Waals surface area contributed by atoms with Crippen molar-refractivity contribution in [3.8, 4) is 0 Å². The highest BCUT2D eigenvalue weighted by Crippen LogP contribution is 2.31. The van der Waals surface area contributed by atoms with Crippen molar-refractivity contribution >= 4 is 17.2 Å². The Hall–Kier alpha value is -1.70. The highest BCUT2D eigenvalue weighted by atomic mass is 32.1. The molecule has 0 bridgehead atoms. The van der Waals surface area contributed by atoms with Gasteiger partial charge in [0.05, 0.1) is 17.4 Å². The third-order valence-corrected chi connectivity index (χ3v) is 6.57. The van der Waals surface area contributed by atoms with E-state index < -0.39 is 0 Å². The summed E-state index contributed by atoms with van der Waals surface area (Å²) < 4.78 is 11.0. The van der Waals surface area contributed by atoms with Gasteiger partial charge in [-0.1, -0.05) is 5.16 Å². The Morgan fingerprint density at radius 3 is 3.00 bits per heavy atom. The fourth-order valence-corrected chi connectivity index (χ4v) is 5.11. The summed E-state index contributed by atoms with van der Waals surface area (Å²) in [5.74, 6) is 1.07. The molecule has 1 saturated heterocycles. The number of thiophene rings is 1. The van der Waals surface area contributed by atoms with Gasteiger partial charge in [0, 0.05) is 55.2 Å². The predicted molar refractivity (Wildman–Crippen MR) is 104 cm³/mol. The summed E-state index contributed by atoms with van der Waals surface area (Å²) in [5.41, 5.74) is 4.31. The first-order valence-corrected chi connectivity index (χ1v) is 10.5. The summed E-state index contributed by atoms with van der Waals surface area (Å²) in [6.07, 6.45) is 1.94. The highest BCUT2D eigenvalue weighted by molar-refractivity contribution is 7.10. The minimum absolute atomic E-state index is 0.108. The molecule has 0 spiro atoms. The van der Waals surface area contributed by atoms with E-state index in [1.54, 1.807) is 11.3 Å². The van der Waals surface area contributed by atoms with E-state index in [0.717, 1.165) is 62.6 Å². The highest BCUT2D eigenvalue weighted by Gasteiger charge is 2.28. The molecular formula is C20H27N3O3S. The molecule has 2 aromatic heterocycles. The van der Waals surface area contributed by atoms with Crippen LogP contribution in [0.15, 0.2) is 9.90 Å². The predicted octanol–water partition coefficient (Wildman–Crippen LogP) is 3.16. The van der Waals surface area contributed by atoms with E-state index in [0.29, 0.717) is 6.54 Å². The zero-order valence-electron chi connectivity index (χ0n) is 16.3. The van der Waals surface area contributed by atoms with Crippen LogP contribution in [-0.4, -0.2) is 53.2 Å². The molecule has 0 N–H and O–H groups in total. The van der Waals surface area contributed by atoms with Gasteiger partial charge in [-0.15, -0.1) is 11.3 Å². The van der Waals surface area contributed by atoms with E-state index in [1.807, 2.05) is 25.7 Å². The van der Waals surface area contributed by atoms with Gasteiger partial charge >= 0.3 is 0 Å². The van der Waals surface area contributed by atoms with Crippen LogP contribution in [0.3, 0.4) is 0 Å². The quantitative estimate of drug-likeness (QED) is 0.807. The number of hydrogen-bond acceptors (Lipinski definition) is 6. The van der Waals surface area contributed by atoms with E-state index in [4.69, 9.17) is 9.26 Å². The minimum atomic E-state index is 0.108. The summed E-state index contributed by atoms with van der Waals surface area (Å²) in [4.78, 5) is 18.8. The minimum Gasteiger partial charge on any atom is -0.377 e. The molecule has 146 valence electrons. The van der Waals surface area contributed by atoms with E-state index in [-0.39, 0.29) is 12.0 Å². The second-order valence-corrected chi connectivity index (χ2v) is 8.56. The van der Waals surface area contributed by atoms with Gasteiger partial charge < -0.3 is 14.2 Å². The van der Waals surface area contributed by atoms with Crippen LogP contribution >= 0.6 is 11.3 Å². The second kappa shape index (κ2) is 7.73. The number of amides is 1. The van der Waals surface area contributed by atoms with Crippen LogP contribution in [0.2, 0.25) is 0 Å². The van der Waals surface area contributed by atoms with Crippen molar-refractivity contribution in [2.45, 2.75) is 52.8 Å². The number of rotatable bonds is 3. The van der Waals surface area contributed by atoms with Crippen molar-refractivity contribution < 1.29 is 14.1 Å². The molecule has 0 aliphatic carbocycles. The summed E-state index contributed by atoms with van der Waals surface area (Å²) >= 11 is 1.72. The summed E-state index contributed by atoms with van der Waals surface area (Å²) in [6.45, 7) is 10.9. The molecule has 1 fully saturated rings. The molecule has 2 aliphatic heterocycles. The summed E-state index contributed by atoms with van der Waals surface area (Å²) in [6, 6.07) is 0. The van der Waals surface area contributed by atoms with Crippen molar-refractivity contribution in [1.29, 1.82) is 0 Å². The maximum absolute atomic E-state index is 13.1. The fraction of sp³-hybridized carbons (Fsp3) is 0.600. The average molecular weight is 390 g/mol. The van der Waals surface area contributed by atoms with E-state index >= 15 is 0 Å². The smallest absolute Gasteiger partial charge is 0.255 e. The van der Waals surface area contributed by atoms with Gasteiger partial charge in [-0.2, -0.15) is 0 Å². The van der Waals surface area contributed by atoms with Crippen LogP contribution in [0, 0.1) is 13.8 Å². The largest absolute Gasteiger partial charge is 0.377 e. The van der Waals surface area contributed by atoms with Crippen LogP contribution in [-0.2, 0) is 24.2 Å². The molecule has 7 heteroatoms. The Morgan fingerprint density at radius 1 is 1.37 bits per heavy atom. The van der Waals surface area contributed by atoms with Gasteiger partial charge in [0.1, 0.15) is 5.76 Å². The number of nitrogens with zero attached hydrogens (tertiary/aromatic N) is 3. The maximum Gasteiger partial charge on any atom is 0.255 e. The monoisotopic (exact) mass is 389 g/mol. The van der Waals surface area contributed by atoms with E-state index in [2.05, 4.69) is 15.4 Å². The van der Waals surface area contributed by atoms with Crippen molar-refractivity contribution in [2.24, 2.45) is 0 Å². The molecule has 0 saturated carbocycles. The number of fused-ring (bicyclic) bond motifs is 1. The molecule has 4 heterocycles. The number of carbonyl (C=O) groups is 1. The fourth-order valence-electron chi connectivity index (χ4n) is 4.00. The van der Waals surface area contributed by atoms with Gasteiger partial charge in [0.2, 0.25) is 0 Å². The number of aromatic nitrogens is 1. The van der Waals surface area contributed by atoms with Gasteiger partial charge in [0.15, 0.2) is 0 Å². The molecule has 1 amide bonds. The van der Waals surface area contributed by atoms with Gasteiger partial charge in [0.25, 0.3) is 5.91 Å². The topological polar surface area (TPSA) is 58.8 Å². The van der Waals surface area contributed by atoms with E-state index in [9.17, 15) is 4.79 Å². The Kier molecular flexibility index (Phi) is 5.34. The number of hydrogen-bond donors (Lipinski definition) is 0. The molecule has 0 unspecified atom stereocenters. The lowest BCUT2D eigenvalue weighted by molar-refractivity contribution is 0.0562. The van der Waals surface area contributed by atoms with Crippen LogP contribution in [0.4, 0.5) is 0 Å². The lowest BCUT2D eigenvalue weighted by Crippen LogP contribution is -2.37. The van der Waals surface area contributed by atoms with Crippen LogP contribution < -0.4 is 0 Å². The van der Waals surface area contributed by atoms with Gasteiger partial charge in [-0.05, 0) is 39.2 Å². The van der Waals surface area contributed by atoms with E-state index in [1.165, 1.54) is 16.0 Å². The Labute approximate surface area is 164 Å². The van der Waals surface area contributed by atoms with Crippen molar-refractivity contribution in [3.05, 3.63) is 38.4 Å². The third kappa shape index (κ3) is 3.81. The Bertz CT molecular complexity index is 809. The zero-order chi connectivity index (χ0) is 19.0. The average Bonchev–Trinajstić information content (AvgIpc) is 3.13. The second-order valence-electron chi connectivity index (χ2n) is 7.60. The van der Waals surface area contributed by atoms with Crippen molar-refractivity contribution in [1.82, 2.24) is 15.0 Å². The number of aryl methyl sites for hydroxylation is 2. The lowest BCUT2D eigenvalue weighted by atomic mass is 10.0. The molecule has 0 radical (unpaired) electrons. The molecular weight excluding hydrogens is 362 g/mol. The zero-order valence-corrected chi connectivity index (χ0v) is 17.1. The molecule has 4 rings (SSSR count). The number of carbonyl (C=O) groups excluding carboxylic acids is 1. The van der Waals surface area contributed by atoms with Crippen molar-refractivity contribution in [2.75, 3.05) is 26.2 Å². The Morgan fingerprint density at radius 2 is 2.22 bits per heavy atom. The molecule has 6 nitrogen and oxygen atoms in total. The first kappa shape index (κ1) is 18.7. The maximum atomic E-state index is 13.1. The Balaban J connectivity index is 1.47. The molecule has 27 heavy (non-hydrogen) atoms. The SMILES string of the molecule is Cc1noc(C)c1CN1CCc2c(C(=O)N3CCCO[C@@H](C)C3)csc2C1. The van der Waals surface area contributed by atoms with Gasteiger partial charge in [-0.25, -0.2) is 0 Å². The summed E-state index contributed by atoms with van der Waals surface area (Å²) in [7, 11) is 0. The first-order chi connectivity index (χ1) is 13.0. The molecule has 0 aromatic carbocycles. The molecule has 2 aliphatic rings. The standard InChI is InChI=1S/C20H27N3O3S/c1-13-9-23(6-4-8-25-13)20(24)18-12-27-19-11-22(7-5-16(18)19)10-17-14(2)21-26-15(17)3/h12-13H,4-11H2,1-3H3/t13-/m0/s1. The molecule has 1 atom stereocenters. The van der Waals surface area contributed by atoms with Crippen LogP contribution in [0.1, 0.15) is 51.2 Å². The molecule has 2 aromatic rings. The summed E-state index contributed by atoms with van der Waals surface area (Å²) in [5, 5.41) is 6.12. The van der Waals surface area contributed by atoms with Gasteiger partial charge in [-0.3, -0.25) is 9.69 Å². The van der Waals surface area contributed by atoms with Crippen molar-refractivity contribution in [3.63, 3.8) is 0 Å². The lowest BCUT2D eigenvalue weighted by Gasteiger charge is -2.28.